The molecule has 0 aliphatic carbocycles. The molecule has 3 nitrogen and oxygen atoms in total. The van der Waals surface area contributed by atoms with Crippen molar-refractivity contribution in [3.8, 4) is 0 Å². The van der Waals surface area contributed by atoms with Crippen molar-refractivity contribution in [3.05, 3.63) is 35.4 Å². The summed E-state index contributed by atoms with van der Waals surface area (Å²) in [5.74, 6) is -3.11. The van der Waals surface area contributed by atoms with Gasteiger partial charge in [0.05, 0.1) is 12.7 Å². The Balaban J connectivity index is 2.34. The molecule has 1 saturated heterocycles. The van der Waals surface area contributed by atoms with Crippen LogP contribution >= 0.6 is 0 Å². The second-order valence-electron chi connectivity index (χ2n) is 3.83. The maximum atomic E-state index is 13.6. The lowest BCUT2D eigenvalue weighted by molar-refractivity contribution is -0.162. The van der Waals surface area contributed by atoms with Crippen molar-refractivity contribution in [1.29, 1.82) is 0 Å². The molecule has 1 heterocycles. The van der Waals surface area contributed by atoms with Gasteiger partial charge in [0.1, 0.15) is 0 Å². The molecule has 0 saturated carbocycles. The summed E-state index contributed by atoms with van der Waals surface area (Å²) < 4.78 is 37.5. The van der Waals surface area contributed by atoms with Crippen LogP contribution in [0, 0.1) is 11.6 Å². The third kappa shape index (κ3) is 1.81. The fraction of sp³-hybridized carbons (Fsp3) is 0.455. The summed E-state index contributed by atoms with van der Waals surface area (Å²) >= 11 is 0. The van der Waals surface area contributed by atoms with Gasteiger partial charge in [-0.05, 0) is 13.0 Å². The topological polar surface area (TPSA) is 44.5 Å². The molecule has 1 aromatic carbocycles. The van der Waals surface area contributed by atoms with Crippen molar-refractivity contribution in [2.24, 2.45) is 5.73 Å². The number of rotatable bonds is 2. The molecule has 1 aromatic rings. The maximum Gasteiger partial charge on any atom is 0.195 e. The molecule has 1 aliphatic rings. The van der Waals surface area contributed by atoms with Gasteiger partial charge in [0, 0.05) is 12.1 Å². The van der Waals surface area contributed by atoms with E-state index in [1.807, 2.05) is 0 Å². The first-order chi connectivity index (χ1) is 7.57. The molecule has 0 aromatic heterocycles. The predicted octanol–water partition coefficient (Wildman–Crippen LogP) is 1.51. The molecule has 2 N–H and O–H groups in total. The van der Waals surface area contributed by atoms with Gasteiger partial charge in [0.25, 0.3) is 0 Å². The number of hydrogen-bond donors (Lipinski definition) is 1. The highest BCUT2D eigenvalue weighted by molar-refractivity contribution is 5.23. The molecule has 1 aliphatic heterocycles. The average Bonchev–Trinajstić information content (AvgIpc) is 2.65. The monoisotopic (exact) mass is 229 g/mol. The van der Waals surface area contributed by atoms with Crippen molar-refractivity contribution in [1.82, 2.24) is 0 Å². The lowest BCUT2D eigenvalue weighted by Gasteiger charge is -2.24. The summed E-state index contributed by atoms with van der Waals surface area (Å²) in [5.41, 5.74) is 5.49. The van der Waals surface area contributed by atoms with E-state index in [1.165, 1.54) is 12.1 Å². The van der Waals surface area contributed by atoms with E-state index in [4.69, 9.17) is 15.2 Å². The Hall–Kier alpha value is -1.04. The summed E-state index contributed by atoms with van der Waals surface area (Å²) in [6.45, 7) is 2.12. The first-order valence-electron chi connectivity index (χ1n) is 5.03. The van der Waals surface area contributed by atoms with E-state index in [-0.39, 0.29) is 24.8 Å². The molecule has 0 bridgehead atoms. The summed E-state index contributed by atoms with van der Waals surface area (Å²) in [6.07, 6.45) is -0.285. The molecular weight excluding hydrogens is 216 g/mol. The normalized spacial score (nSPS) is 29.6. The van der Waals surface area contributed by atoms with Gasteiger partial charge in [-0.2, -0.15) is 0 Å². The zero-order valence-electron chi connectivity index (χ0n) is 8.87. The Morgan fingerprint density at radius 2 is 2.25 bits per heavy atom. The number of benzene rings is 1. The van der Waals surface area contributed by atoms with Crippen LogP contribution in [0.4, 0.5) is 8.78 Å². The van der Waals surface area contributed by atoms with Gasteiger partial charge in [0.15, 0.2) is 17.4 Å². The lowest BCUT2D eigenvalue weighted by atomic mass is 10.1. The average molecular weight is 229 g/mol. The highest BCUT2D eigenvalue weighted by Gasteiger charge is 2.40. The van der Waals surface area contributed by atoms with Crippen LogP contribution in [-0.4, -0.2) is 19.3 Å². The first-order valence-corrected chi connectivity index (χ1v) is 5.03. The van der Waals surface area contributed by atoms with Gasteiger partial charge < -0.3 is 15.2 Å². The largest absolute Gasteiger partial charge is 0.343 e. The Bertz CT molecular complexity index is 400. The third-order valence-corrected chi connectivity index (χ3v) is 2.64. The Morgan fingerprint density at radius 1 is 1.50 bits per heavy atom. The minimum absolute atomic E-state index is 0.0587. The van der Waals surface area contributed by atoms with E-state index in [0.717, 1.165) is 6.07 Å². The van der Waals surface area contributed by atoms with Crippen LogP contribution < -0.4 is 5.73 Å². The van der Waals surface area contributed by atoms with Gasteiger partial charge in [-0.15, -0.1) is 0 Å². The standard InChI is InChI=1S/C11H13F2NO2/c1-11(15-6-7(5-14)16-11)8-3-2-4-9(12)10(8)13/h2-4,7H,5-6,14H2,1H3. The molecule has 16 heavy (non-hydrogen) atoms. The molecule has 2 atom stereocenters. The van der Waals surface area contributed by atoms with E-state index >= 15 is 0 Å². The quantitative estimate of drug-likeness (QED) is 0.836. The lowest BCUT2D eigenvalue weighted by Crippen LogP contribution is -2.28. The maximum absolute atomic E-state index is 13.6. The molecule has 1 fully saturated rings. The second-order valence-corrected chi connectivity index (χ2v) is 3.83. The molecule has 2 unspecified atom stereocenters. The van der Waals surface area contributed by atoms with E-state index in [1.54, 1.807) is 6.92 Å². The Morgan fingerprint density at radius 3 is 2.88 bits per heavy atom. The van der Waals surface area contributed by atoms with Crippen LogP contribution in [0.3, 0.4) is 0 Å². The van der Waals surface area contributed by atoms with Gasteiger partial charge >= 0.3 is 0 Å². The molecular formula is C11H13F2NO2. The van der Waals surface area contributed by atoms with E-state index in [2.05, 4.69) is 0 Å². The molecule has 0 spiro atoms. The second kappa shape index (κ2) is 4.08. The minimum Gasteiger partial charge on any atom is -0.343 e. The third-order valence-electron chi connectivity index (χ3n) is 2.64. The van der Waals surface area contributed by atoms with Gasteiger partial charge in [-0.1, -0.05) is 12.1 Å². The van der Waals surface area contributed by atoms with E-state index in [9.17, 15) is 8.78 Å². The molecule has 88 valence electrons. The minimum atomic E-state index is -1.25. The SMILES string of the molecule is CC1(c2cccc(F)c2F)OCC(CN)O1. The summed E-state index contributed by atoms with van der Waals surface area (Å²) in [6, 6.07) is 3.91. The number of ether oxygens (including phenoxy) is 2. The van der Waals surface area contributed by atoms with E-state index < -0.39 is 17.4 Å². The number of nitrogens with two attached hydrogens (primary N) is 1. The first kappa shape index (κ1) is 11.4. The van der Waals surface area contributed by atoms with Gasteiger partial charge in [-0.25, -0.2) is 8.78 Å². The summed E-state index contributed by atoms with van der Waals surface area (Å²) in [7, 11) is 0. The predicted molar refractivity (Wildman–Crippen MR) is 53.6 cm³/mol. The van der Waals surface area contributed by atoms with Crippen LogP contribution in [0.15, 0.2) is 18.2 Å². The zero-order valence-corrected chi connectivity index (χ0v) is 8.87. The van der Waals surface area contributed by atoms with Crippen LogP contribution in [0.5, 0.6) is 0 Å². The number of halogens is 2. The Labute approximate surface area is 92.1 Å². The van der Waals surface area contributed by atoms with Crippen molar-refractivity contribution in [3.63, 3.8) is 0 Å². The Kier molecular flexibility index (Phi) is 2.92. The van der Waals surface area contributed by atoms with Crippen molar-refractivity contribution in [2.75, 3.05) is 13.2 Å². The highest BCUT2D eigenvalue weighted by atomic mass is 19.2. The van der Waals surface area contributed by atoms with Crippen LogP contribution in [0.25, 0.3) is 0 Å². The van der Waals surface area contributed by atoms with Crippen LogP contribution in [0.1, 0.15) is 12.5 Å². The molecule has 0 amide bonds. The van der Waals surface area contributed by atoms with Crippen LogP contribution in [-0.2, 0) is 15.3 Å². The highest BCUT2D eigenvalue weighted by Crippen LogP contribution is 2.35. The molecule has 5 heteroatoms. The number of hydrogen-bond acceptors (Lipinski definition) is 3. The fourth-order valence-electron chi connectivity index (χ4n) is 1.75. The van der Waals surface area contributed by atoms with Gasteiger partial charge in [-0.3, -0.25) is 0 Å². The summed E-state index contributed by atoms with van der Waals surface area (Å²) in [5, 5.41) is 0. The molecule has 0 radical (unpaired) electrons. The smallest absolute Gasteiger partial charge is 0.195 e. The van der Waals surface area contributed by atoms with Crippen molar-refractivity contribution in [2.45, 2.75) is 18.8 Å². The zero-order chi connectivity index (χ0) is 11.8. The molecule has 2 rings (SSSR count). The summed E-state index contributed by atoms with van der Waals surface area (Å²) in [4.78, 5) is 0. The van der Waals surface area contributed by atoms with Crippen LogP contribution in [0.2, 0.25) is 0 Å². The van der Waals surface area contributed by atoms with Crippen molar-refractivity contribution >= 4 is 0 Å². The fourth-order valence-corrected chi connectivity index (χ4v) is 1.75. The van der Waals surface area contributed by atoms with Crippen molar-refractivity contribution < 1.29 is 18.3 Å². The van der Waals surface area contributed by atoms with E-state index in [0.29, 0.717) is 0 Å². The van der Waals surface area contributed by atoms with Gasteiger partial charge in [0.2, 0.25) is 0 Å².